The highest BCUT2D eigenvalue weighted by atomic mass is 19.1. The third kappa shape index (κ3) is 3.13. The molecule has 2 aromatic heterocycles. The Labute approximate surface area is 160 Å². The third-order valence-corrected chi connectivity index (χ3v) is 4.76. The number of aryl methyl sites for hydroxylation is 1. The number of aromatic nitrogens is 3. The number of hydrogen-bond acceptors (Lipinski definition) is 6. The molecule has 8 heteroatoms. The summed E-state index contributed by atoms with van der Waals surface area (Å²) in [7, 11) is 1.54. The smallest absolute Gasteiger partial charge is 0.255 e. The van der Waals surface area contributed by atoms with Crippen molar-refractivity contribution in [3.8, 4) is 16.9 Å². The molecule has 3 heterocycles. The van der Waals surface area contributed by atoms with Crippen LogP contribution in [0.2, 0.25) is 0 Å². The number of hydrogen-bond donors (Lipinski definition) is 2. The maximum Gasteiger partial charge on any atom is 0.255 e. The summed E-state index contributed by atoms with van der Waals surface area (Å²) >= 11 is 0. The molecule has 142 valence electrons. The minimum Gasteiger partial charge on any atom is -0.495 e. The zero-order valence-electron chi connectivity index (χ0n) is 15.4. The molecule has 3 aromatic rings. The fourth-order valence-electron chi connectivity index (χ4n) is 3.52. The number of nitrogens with zero attached hydrogens (tertiary/aromatic N) is 3. The molecule has 0 fully saturated rings. The molecule has 7 nitrogen and oxygen atoms in total. The summed E-state index contributed by atoms with van der Waals surface area (Å²) in [4.78, 5) is 25.1. The van der Waals surface area contributed by atoms with Crippen LogP contribution in [0, 0.1) is 12.7 Å². The van der Waals surface area contributed by atoms with Gasteiger partial charge in [-0.3, -0.25) is 9.78 Å². The maximum absolute atomic E-state index is 14.0. The molecular formula is C20H18FN5O2. The number of nitrogens with two attached hydrogens (primary N) is 1. The highest BCUT2D eigenvalue weighted by Gasteiger charge is 2.30. The van der Waals surface area contributed by atoms with Crippen molar-refractivity contribution in [1.29, 1.82) is 0 Å². The van der Waals surface area contributed by atoms with Crippen molar-refractivity contribution in [2.24, 2.45) is 0 Å². The largest absolute Gasteiger partial charge is 0.495 e. The molecule has 0 aliphatic carbocycles. The Morgan fingerprint density at radius 3 is 2.86 bits per heavy atom. The van der Waals surface area contributed by atoms with Gasteiger partial charge in [0.1, 0.15) is 11.6 Å². The fraction of sp³-hybridized carbons (Fsp3) is 0.200. The number of carbonyl (C=O) groups excluding carboxylic acids is 1. The Bertz CT molecular complexity index is 1090. The number of pyridine rings is 1. The van der Waals surface area contributed by atoms with E-state index in [9.17, 15) is 9.18 Å². The molecule has 1 aromatic carbocycles. The molecule has 1 aliphatic heterocycles. The van der Waals surface area contributed by atoms with Crippen molar-refractivity contribution in [2.45, 2.75) is 19.4 Å². The summed E-state index contributed by atoms with van der Waals surface area (Å²) in [6, 6.07) is 5.84. The fourth-order valence-corrected chi connectivity index (χ4v) is 3.52. The van der Waals surface area contributed by atoms with Gasteiger partial charge < -0.3 is 15.8 Å². The lowest BCUT2D eigenvalue weighted by molar-refractivity contribution is 0.0922. The average molecular weight is 379 g/mol. The highest BCUT2D eigenvalue weighted by molar-refractivity contribution is 5.98. The van der Waals surface area contributed by atoms with Crippen LogP contribution in [0.4, 0.5) is 10.3 Å². The SMILES string of the molecule is COc1cncc(-c2cc(F)ccc2C2Cc3nc(N)nc(C)c3C(=O)N2)c1. The first-order valence-electron chi connectivity index (χ1n) is 8.69. The predicted octanol–water partition coefficient (Wildman–Crippen LogP) is 2.60. The summed E-state index contributed by atoms with van der Waals surface area (Å²) in [5, 5.41) is 2.97. The Kier molecular flexibility index (Phi) is 4.38. The van der Waals surface area contributed by atoms with E-state index in [2.05, 4.69) is 20.3 Å². The van der Waals surface area contributed by atoms with Gasteiger partial charge >= 0.3 is 0 Å². The van der Waals surface area contributed by atoms with Crippen molar-refractivity contribution >= 4 is 11.9 Å². The van der Waals surface area contributed by atoms with Crippen LogP contribution in [0.1, 0.15) is 33.4 Å². The number of halogens is 1. The van der Waals surface area contributed by atoms with Crippen LogP contribution in [0.5, 0.6) is 5.75 Å². The molecule has 3 N–H and O–H groups in total. The second kappa shape index (κ2) is 6.88. The number of amides is 1. The number of rotatable bonds is 3. The van der Waals surface area contributed by atoms with Crippen LogP contribution in [0.15, 0.2) is 36.7 Å². The topological polar surface area (TPSA) is 103 Å². The van der Waals surface area contributed by atoms with E-state index in [1.165, 1.54) is 19.2 Å². The summed E-state index contributed by atoms with van der Waals surface area (Å²) < 4.78 is 19.3. The van der Waals surface area contributed by atoms with Gasteiger partial charge in [-0.05, 0) is 36.2 Å². The average Bonchev–Trinajstić information content (AvgIpc) is 2.67. The number of carbonyl (C=O) groups is 1. The molecule has 0 radical (unpaired) electrons. The quantitative estimate of drug-likeness (QED) is 0.725. The van der Waals surface area contributed by atoms with Gasteiger partial charge in [0, 0.05) is 18.2 Å². The first-order chi connectivity index (χ1) is 13.5. The number of nitrogen functional groups attached to an aromatic ring is 1. The van der Waals surface area contributed by atoms with E-state index < -0.39 is 6.04 Å². The Morgan fingerprint density at radius 2 is 2.07 bits per heavy atom. The molecule has 1 aliphatic rings. The first kappa shape index (κ1) is 17.8. The van der Waals surface area contributed by atoms with Gasteiger partial charge in [0.05, 0.1) is 36.3 Å². The summed E-state index contributed by atoms with van der Waals surface area (Å²) in [5.41, 5.74) is 9.39. The third-order valence-electron chi connectivity index (χ3n) is 4.76. The predicted molar refractivity (Wildman–Crippen MR) is 101 cm³/mol. The van der Waals surface area contributed by atoms with Crippen LogP contribution in [-0.2, 0) is 6.42 Å². The lowest BCUT2D eigenvalue weighted by Gasteiger charge is -2.27. The molecule has 1 unspecified atom stereocenters. The van der Waals surface area contributed by atoms with Gasteiger partial charge in [-0.2, -0.15) is 0 Å². The van der Waals surface area contributed by atoms with Crippen LogP contribution in [0.25, 0.3) is 11.1 Å². The van der Waals surface area contributed by atoms with Crippen LogP contribution in [0.3, 0.4) is 0 Å². The summed E-state index contributed by atoms with van der Waals surface area (Å²) in [6.45, 7) is 1.72. The highest BCUT2D eigenvalue weighted by Crippen LogP contribution is 2.34. The number of nitrogens with one attached hydrogen (secondary N) is 1. The number of ether oxygens (including phenoxy) is 1. The molecule has 28 heavy (non-hydrogen) atoms. The van der Waals surface area contributed by atoms with E-state index in [0.29, 0.717) is 40.2 Å². The number of methoxy groups -OCH3 is 1. The molecule has 0 saturated carbocycles. The number of fused-ring (bicyclic) bond motifs is 1. The van der Waals surface area contributed by atoms with Crippen LogP contribution < -0.4 is 15.8 Å². The second-order valence-corrected chi connectivity index (χ2v) is 6.56. The van der Waals surface area contributed by atoms with Crippen LogP contribution in [-0.4, -0.2) is 28.0 Å². The molecule has 1 amide bonds. The van der Waals surface area contributed by atoms with E-state index >= 15 is 0 Å². The Morgan fingerprint density at radius 1 is 1.25 bits per heavy atom. The van der Waals surface area contributed by atoms with Crippen molar-refractivity contribution in [3.05, 3.63) is 65.0 Å². The lowest BCUT2D eigenvalue weighted by Crippen LogP contribution is -2.37. The van der Waals surface area contributed by atoms with Gasteiger partial charge in [-0.15, -0.1) is 0 Å². The molecular weight excluding hydrogens is 361 g/mol. The minimum atomic E-state index is -0.393. The molecule has 0 bridgehead atoms. The molecule has 1 atom stereocenters. The summed E-state index contributed by atoms with van der Waals surface area (Å²) in [6.07, 6.45) is 3.62. The standard InChI is InChI=1S/C20H18FN5O2/c1-10-18-17(26-20(22)24-10)7-16(25-19(18)27)14-4-3-12(21)6-15(14)11-5-13(28-2)9-23-8-11/h3-6,8-9,16H,7H2,1-2H3,(H,25,27)(H2,22,24,26). The minimum absolute atomic E-state index is 0.126. The van der Waals surface area contributed by atoms with Crippen molar-refractivity contribution < 1.29 is 13.9 Å². The van der Waals surface area contributed by atoms with Gasteiger partial charge in [0.15, 0.2) is 0 Å². The van der Waals surface area contributed by atoms with E-state index in [4.69, 9.17) is 10.5 Å². The number of anilines is 1. The van der Waals surface area contributed by atoms with E-state index in [1.807, 2.05) is 0 Å². The van der Waals surface area contributed by atoms with Gasteiger partial charge in [0.2, 0.25) is 5.95 Å². The lowest BCUT2D eigenvalue weighted by atomic mass is 9.89. The molecule has 0 spiro atoms. The van der Waals surface area contributed by atoms with Gasteiger partial charge in [0.25, 0.3) is 5.91 Å². The van der Waals surface area contributed by atoms with E-state index in [-0.39, 0.29) is 17.7 Å². The molecule has 0 saturated heterocycles. The first-order valence-corrected chi connectivity index (χ1v) is 8.69. The zero-order valence-corrected chi connectivity index (χ0v) is 15.4. The summed E-state index contributed by atoms with van der Waals surface area (Å²) in [5.74, 6) is 0.0252. The Balaban J connectivity index is 1.81. The normalized spacial score (nSPS) is 15.7. The maximum atomic E-state index is 14.0. The Hall–Kier alpha value is -3.55. The monoisotopic (exact) mass is 379 g/mol. The second-order valence-electron chi connectivity index (χ2n) is 6.56. The van der Waals surface area contributed by atoms with Gasteiger partial charge in [-0.1, -0.05) is 6.07 Å². The zero-order chi connectivity index (χ0) is 19.8. The van der Waals surface area contributed by atoms with E-state index in [1.54, 1.807) is 31.5 Å². The van der Waals surface area contributed by atoms with E-state index in [0.717, 1.165) is 5.56 Å². The van der Waals surface area contributed by atoms with Gasteiger partial charge in [-0.25, -0.2) is 14.4 Å². The molecule has 4 rings (SSSR count). The van der Waals surface area contributed by atoms with Crippen molar-refractivity contribution in [1.82, 2.24) is 20.3 Å². The van der Waals surface area contributed by atoms with Crippen molar-refractivity contribution in [3.63, 3.8) is 0 Å². The van der Waals surface area contributed by atoms with Crippen LogP contribution >= 0.6 is 0 Å². The van der Waals surface area contributed by atoms with Crippen molar-refractivity contribution in [2.75, 3.05) is 12.8 Å². The number of benzene rings is 1.